The number of hydrogen-bond donors (Lipinski definition) is 2. The molecule has 4 fully saturated rings. The zero-order valence-corrected chi connectivity index (χ0v) is 19.7. The fourth-order valence-corrected chi connectivity index (χ4v) is 9.29. The molecule has 4 aliphatic carbocycles. The SMILES string of the molecule is CC(CO)CCC[C@@H](C)C1CC[C@H]2[C@@H]3CC[C@@H]4C[C@H](O)CC[C@]4(C)[C@H]3CC[C@]12C. The Morgan fingerprint density at radius 2 is 1.59 bits per heavy atom. The van der Waals surface area contributed by atoms with E-state index in [-0.39, 0.29) is 6.10 Å². The summed E-state index contributed by atoms with van der Waals surface area (Å²) in [6.07, 6.45) is 15.8. The van der Waals surface area contributed by atoms with Crippen LogP contribution in [0.3, 0.4) is 0 Å². The first-order chi connectivity index (χ1) is 13.8. The van der Waals surface area contributed by atoms with Crippen LogP contribution in [0, 0.1) is 52.3 Å². The minimum Gasteiger partial charge on any atom is -0.396 e. The third kappa shape index (κ3) is 3.84. The van der Waals surface area contributed by atoms with Gasteiger partial charge in [-0.25, -0.2) is 0 Å². The standard InChI is InChI=1S/C27H48O2/c1-18(17-28)6-5-7-19(2)23-10-11-24-22-9-8-20-16-21(29)12-14-26(20,3)25(22)13-15-27(23,24)4/h18-25,28-29H,5-17H2,1-4H3/t18?,19-,20-,21-,22+,23?,24+,25+,26+,27-/m1/s1. The molecule has 2 N–H and O–H groups in total. The van der Waals surface area contributed by atoms with Crippen LogP contribution < -0.4 is 0 Å². The molecule has 10 atom stereocenters. The highest BCUT2D eigenvalue weighted by Gasteiger charge is 2.60. The molecule has 4 rings (SSSR count). The molecule has 0 amide bonds. The summed E-state index contributed by atoms with van der Waals surface area (Å²) in [5.74, 6) is 5.83. The number of hydrogen-bond acceptors (Lipinski definition) is 2. The van der Waals surface area contributed by atoms with Gasteiger partial charge >= 0.3 is 0 Å². The minimum absolute atomic E-state index is 0.0243. The van der Waals surface area contributed by atoms with Crippen LogP contribution in [0.1, 0.15) is 105 Å². The molecule has 2 unspecified atom stereocenters. The summed E-state index contributed by atoms with van der Waals surface area (Å²) in [6, 6.07) is 0. The van der Waals surface area contributed by atoms with E-state index in [9.17, 15) is 10.2 Å². The molecule has 4 aliphatic rings. The molecule has 0 bridgehead atoms. The first-order valence-electron chi connectivity index (χ1n) is 13.1. The Morgan fingerprint density at radius 3 is 2.34 bits per heavy atom. The summed E-state index contributed by atoms with van der Waals surface area (Å²) >= 11 is 0. The zero-order chi connectivity index (χ0) is 20.8. The van der Waals surface area contributed by atoms with Crippen molar-refractivity contribution in [1.29, 1.82) is 0 Å². The number of rotatable bonds is 6. The van der Waals surface area contributed by atoms with Gasteiger partial charge in [-0.05, 0) is 116 Å². The normalized spacial score (nSPS) is 49.0. The number of fused-ring (bicyclic) bond motifs is 5. The second-order valence-corrected chi connectivity index (χ2v) is 12.5. The van der Waals surface area contributed by atoms with Crippen LogP contribution in [0.5, 0.6) is 0 Å². The lowest BCUT2D eigenvalue weighted by Gasteiger charge is -2.61. The maximum absolute atomic E-state index is 10.3. The van der Waals surface area contributed by atoms with Crippen molar-refractivity contribution in [2.45, 2.75) is 111 Å². The van der Waals surface area contributed by atoms with Crippen LogP contribution in [0.2, 0.25) is 0 Å². The van der Waals surface area contributed by atoms with Gasteiger partial charge in [-0.3, -0.25) is 0 Å². The van der Waals surface area contributed by atoms with Crippen molar-refractivity contribution >= 4 is 0 Å². The molecule has 0 aromatic heterocycles. The highest BCUT2D eigenvalue weighted by molar-refractivity contribution is 5.09. The van der Waals surface area contributed by atoms with Gasteiger partial charge in [0.1, 0.15) is 0 Å². The quantitative estimate of drug-likeness (QED) is 0.534. The van der Waals surface area contributed by atoms with Gasteiger partial charge < -0.3 is 10.2 Å². The van der Waals surface area contributed by atoms with Gasteiger partial charge in [-0.15, -0.1) is 0 Å². The van der Waals surface area contributed by atoms with Gasteiger partial charge in [0.05, 0.1) is 6.10 Å². The summed E-state index contributed by atoms with van der Waals surface area (Å²) in [6.45, 7) is 10.4. The molecule has 0 saturated heterocycles. The maximum Gasteiger partial charge on any atom is 0.0543 e. The average Bonchev–Trinajstić information content (AvgIpc) is 3.05. The lowest BCUT2D eigenvalue weighted by atomic mass is 9.44. The fourth-order valence-electron chi connectivity index (χ4n) is 9.29. The second kappa shape index (κ2) is 8.45. The van der Waals surface area contributed by atoms with E-state index in [0.717, 1.165) is 48.3 Å². The third-order valence-electron chi connectivity index (χ3n) is 11.1. The van der Waals surface area contributed by atoms with Crippen LogP contribution in [-0.2, 0) is 0 Å². The van der Waals surface area contributed by atoms with Gasteiger partial charge in [0, 0.05) is 6.61 Å². The van der Waals surface area contributed by atoms with Crippen molar-refractivity contribution in [3.63, 3.8) is 0 Å². The Labute approximate surface area is 180 Å². The summed E-state index contributed by atoms with van der Waals surface area (Å²) in [5, 5.41) is 19.6. The third-order valence-corrected chi connectivity index (χ3v) is 11.1. The van der Waals surface area contributed by atoms with Crippen molar-refractivity contribution < 1.29 is 10.2 Å². The van der Waals surface area contributed by atoms with Crippen molar-refractivity contribution in [3.05, 3.63) is 0 Å². The molecular weight excluding hydrogens is 356 g/mol. The Kier molecular flexibility index (Phi) is 6.45. The fraction of sp³-hybridized carbons (Fsp3) is 1.00. The Morgan fingerprint density at radius 1 is 0.862 bits per heavy atom. The van der Waals surface area contributed by atoms with E-state index < -0.39 is 0 Å². The van der Waals surface area contributed by atoms with E-state index in [2.05, 4.69) is 27.7 Å². The number of aliphatic hydroxyl groups is 2. The van der Waals surface area contributed by atoms with Gasteiger partial charge in [0.2, 0.25) is 0 Å². The van der Waals surface area contributed by atoms with E-state index in [0.29, 0.717) is 23.4 Å². The molecule has 0 spiro atoms. The molecule has 4 saturated carbocycles. The zero-order valence-electron chi connectivity index (χ0n) is 19.7. The van der Waals surface area contributed by atoms with Crippen LogP contribution >= 0.6 is 0 Å². The van der Waals surface area contributed by atoms with Crippen LogP contribution in [0.15, 0.2) is 0 Å². The smallest absolute Gasteiger partial charge is 0.0543 e. The predicted octanol–water partition coefficient (Wildman–Crippen LogP) is 6.44. The Hall–Kier alpha value is -0.0800. The van der Waals surface area contributed by atoms with Crippen molar-refractivity contribution in [2.75, 3.05) is 6.61 Å². The highest BCUT2D eigenvalue weighted by atomic mass is 16.3. The first kappa shape index (κ1) is 22.1. The van der Waals surface area contributed by atoms with E-state index in [1.54, 1.807) is 0 Å². The summed E-state index contributed by atoms with van der Waals surface area (Å²) < 4.78 is 0. The first-order valence-corrected chi connectivity index (χ1v) is 13.1. The van der Waals surface area contributed by atoms with Crippen LogP contribution in [0.25, 0.3) is 0 Å². The van der Waals surface area contributed by atoms with Crippen LogP contribution in [0.4, 0.5) is 0 Å². The maximum atomic E-state index is 10.3. The molecule has 29 heavy (non-hydrogen) atoms. The Bertz CT molecular complexity index is 561. The average molecular weight is 405 g/mol. The molecular formula is C27H48O2. The monoisotopic (exact) mass is 404 g/mol. The summed E-state index contributed by atoms with van der Waals surface area (Å²) in [7, 11) is 0. The minimum atomic E-state index is -0.0243. The van der Waals surface area contributed by atoms with Gasteiger partial charge in [-0.2, -0.15) is 0 Å². The molecule has 0 radical (unpaired) electrons. The molecule has 0 heterocycles. The number of aliphatic hydroxyl groups excluding tert-OH is 2. The second-order valence-electron chi connectivity index (χ2n) is 12.5. The van der Waals surface area contributed by atoms with E-state index in [1.165, 1.54) is 64.2 Å². The molecule has 0 aliphatic heterocycles. The molecule has 2 nitrogen and oxygen atoms in total. The van der Waals surface area contributed by atoms with Crippen molar-refractivity contribution in [3.8, 4) is 0 Å². The largest absolute Gasteiger partial charge is 0.396 e. The lowest BCUT2D eigenvalue weighted by Crippen LogP contribution is -2.54. The lowest BCUT2D eigenvalue weighted by molar-refractivity contribution is -0.129. The van der Waals surface area contributed by atoms with E-state index >= 15 is 0 Å². The molecule has 168 valence electrons. The molecule has 0 aromatic rings. The Balaban J connectivity index is 1.43. The van der Waals surface area contributed by atoms with Gasteiger partial charge in [0.15, 0.2) is 0 Å². The van der Waals surface area contributed by atoms with Gasteiger partial charge in [0.25, 0.3) is 0 Å². The van der Waals surface area contributed by atoms with E-state index in [1.807, 2.05) is 0 Å². The predicted molar refractivity (Wildman–Crippen MR) is 120 cm³/mol. The van der Waals surface area contributed by atoms with Crippen LogP contribution in [-0.4, -0.2) is 22.9 Å². The van der Waals surface area contributed by atoms with Crippen molar-refractivity contribution in [1.82, 2.24) is 0 Å². The summed E-state index contributed by atoms with van der Waals surface area (Å²) in [4.78, 5) is 0. The van der Waals surface area contributed by atoms with E-state index in [4.69, 9.17) is 0 Å². The topological polar surface area (TPSA) is 40.5 Å². The highest BCUT2D eigenvalue weighted by Crippen LogP contribution is 2.68. The molecule has 2 heteroatoms. The van der Waals surface area contributed by atoms with Crippen molar-refractivity contribution in [2.24, 2.45) is 52.3 Å². The molecule has 0 aromatic carbocycles. The summed E-state index contributed by atoms with van der Waals surface area (Å²) in [5.41, 5.74) is 1.08. The van der Waals surface area contributed by atoms with Gasteiger partial charge in [-0.1, -0.05) is 40.5 Å².